The Morgan fingerprint density at radius 1 is 0.786 bits per heavy atom. The molecule has 140 valence electrons. The summed E-state index contributed by atoms with van der Waals surface area (Å²) in [5.41, 5.74) is 3.10. The minimum atomic E-state index is -0.467. The molecule has 2 amide bonds. The van der Waals surface area contributed by atoms with E-state index in [1.807, 2.05) is 25.1 Å². The molecule has 0 bridgehead atoms. The monoisotopic (exact) mass is 373 g/mol. The molecule has 2 aromatic carbocycles. The number of carbonyl (C=O) groups excluding carboxylic acids is 3. The summed E-state index contributed by atoms with van der Waals surface area (Å²) < 4.78 is 0. The molecule has 0 unspecified atom stereocenters. The topological polar surface area (TPSA) is 88.2 Å². The summed E-state index contributed by atoms with van der Waals surface area (Å²) in [7, 11) is 0. The highest BCUT2D eigenvalue weighted by atomic mass is 16.2. The zero-order valence-corrected chi connectivity index (χ0v) is 15.5. The lowest BCUT2D eigenvalue weighted by Crippen LogP contribution is -2.17. The summed E-state index contributed by atoms with van der Waals surface area (Å²) in [4.78, 5) is 40.5. The molecule has 0 fully saturated rings. The average molecular weight is 373 g/mol. The number of hydrogen-bond acceptors (Lipinski definition) is 4. The number of ketones is 1. The van der Waals surface area contributed by atoms with Crippen LogP contribution in [0.25, 0.3) is 0 Å². The first-order valence-corrected chi connectivity index (χ1v) is 8.69. The van der Waals surface area contributed by atoms with E-state index < -0.39 is 5.91 Å². The van der Waals surface area contributed by atoms with Gasteiger partial charge in [-0.05, 0) is 55.8 Å². The van der Waals surface area contributed by atoms with Crippen LogP contribution < -0.4 is 10.6 Å². The highest BCUT2D eigenvalue weighted by molar-refractivity contribution is 6.08. The van der Waals surface area contributed by atoms with Crippen LogP contribution in [-0.2, 0) is 0 Å². The van der Waals surface area contributed by atoms with Gasteiger partial charge >= 0.3 is 0 Å². The van der Waals surface area contributed by atoms with Crippen molar-refractivity contribution in [2.75, 3.05) is 10.6 Å². The Labute approximate surface area is 162 Å². The van der Waals surface area contributed by atoms with Gasteiger partial charge in [0.15, 0.2) is 5.78 Å². The van der Waals surface area contributed by atoms with E-state index in [0.29, 0.717) is 22.5 Å². The molecule has 3 rings (SSSR count). The zero-order valence-electron chi connectivity index (χ0n) is 15.5. The minimum Gasteiger partial charge on any atom is -0.322 e. The zero-order chi connectivity index (χ0) is 20.1. The van der Waals surface area contributed by atoms with Crippen LogP contribution in [0.2, 0.25) is 0 Å². The van der Waals surface area contributed by atoms with Crippen LogP contribution in [0.4, 0.5) is 11.4 Å². The fraction of sp³-hybridized carbons (Fsp3) is 0.0909. The van der Waals surface area contributed by atoms with Crippen LogP contribution in [0.3, 0.4) is 0 Å². The van der Waals surface area contributed by atoms with Crippen molar-refractivity contribution in [1.82, 2.24) is 4.98 Å². The first-order chi connectivity index (χ1) is 13.4. The van der Waals surface area contributed by atoms with Gasteiger partial charge in [0.05, 0.1) is 0 Å². The van der Waals surface area contributed by atoms with E-state index in [2.05, 4.69) is 15.6 Å². The molecule has 1 aromatic heterocycles. The molecule has 0 saturated heterocycles. The molecule has 0 radical (unpaired) electrons. The highest BCUT2D eigenvalue weighted by Crippen LogP contribution is 2.14. The third-order valence-corrected chi connectivity index (χ3v) is 4.06. The third-order valence-electron chi connectivity index (χ3n) is 4.06. The maximum atomic E-state index is 12.5. The van der Waals surface area contributed by atoms with Crippen molar-refractivity contribution in [2.24, 2.45) is 0 Å². The molecule has 0 saturated carbocycles. The molecule has 6 nitrogen and oxygen atoms in total. The van der Waals surface area contributed by atoms with E-state index in [-0.39, 0.29) is 17.4 Å². The van der Waals surface area contributed by atoms with Gasteiger partial charge in [0.25, 0.3) is 11.8 Å². The van der Waals surface area contributed by atoms with Crippen molar-refractivity contribution < 1.29 is 14.4 Å². The summed E-state index contributed by atoms with van der Waals surface area (Å²) in [5, 5.41) is 5.49. The number of anilines is 2. The van der Waals surface area contributed by atoms with Crippen molar-refractivity contribution in [3.63, 3.8) is 0 Å². The lowest BCUT2D eigenvalue weighted by atomic mass is 10.1. The Morgan fingerprint density at radius 2 is 1.46 bits per heavy atom. The molecule has 6 heteroatoms. The Balaban J connectivity index is 1.75. The van der Waals surface area contributed by atoms with Gasteiger partial charge in [-0.3, -0.25) is 19.4 Å². The Hall–Kier alpha value is -3.80. The second kappa shape index (κ2) is 8.26. The largest absolute Gasteiger partial charge is 0.322 e. The summed E-state index contributed by atoms with van der Waals surface area (Å²) in [6.07, 6.45) is 1.41. The summed E-state index contributed by atoms with van der Waals surface area (Å²) >= 11 is 0. The molecule has 0 atom stereocenters. The SMILES string of the molecule is CC(=O)c1cccc(NC(=O)c2cc(C(=O)Nc3cccc(C)c3)ccn2)c1. The molecular weight excluding hydrogens is 354 g/mol. The number of hydrogen-bond donors (Lipinski definition) is 2. The lowest BCUT2D eigenvalue weighted by Gasteiger charge is -2.08. The molecular formula is C22H19N3O3. The van der Waals surface area contributed by atoms with Crippen molar-refractivity contribution in [3.05, 3.63) is 89.2 Å². The van der Waals surface area contributed by atoms with Gasteiger partial charge in [0.2, 0.25) is 0 Å². The molecule has 0 spiro atoms. The second-order valence-electron chi connectivity index (χ2n) is 6.34. The molecule has 0 aliphatic heterocycles. The third kappa shape index (κ3) is 4.67. The molecule has 28 heavy (non-hydrogen) atoms. The number of rotatable bonds is 5. The van der Waals surface area contributed by atoms with Gasteiger partial charge in [-0.25, -0.2) is 0 Å². The average Bonchev–Trinajstić information content (AvgIpc) is 2.68. The standard InChI is InChI=1S/C22H19N3O3/c1-14-5-3-7-18(11-14)24-21(27)17-9-10-23-20(13-17)22(28)25-19-8-4-6-16(12-19)15(2)26/h3-13H,1-2H3,(H,24,27)(H,25,28). The quantitative estimate of drug-likeness (QED) is 0.659. The molecule has 2 N–H and O–H groups in total. The molecule has 1 heterocycles. The second-order valence-corrected chi connectivity index (χ2v) is 6.34. The van der Waals surface area contributed by atoms with Crippen molar-refractivity contribution in [3.8, 4) is 0 Å². The normalized spacial score (nSPS) is 10.2. The van der Waals surface area contributed by atoms with Gasteiger partial charge in [-0.2, -0.15) is 0 Å². The van der Waals surface area contributed by atoms with Crippen LogP contribution in [0.1, 0.15) is 43.7 Å². The number of amides is 2. The van der Waals surface area contributed by atoms with Crippen LogP contribution in [0.15, 0.2) is 66.9 Å². The molecule has 3 aromatic rings. The maximum Gasteiger partial charge on any atom is 0.274 e. The summed E-state index contributed by atoms with van der Waals surface area (Å²) in [6.45, 7) is 3.39. The van der Waals surface area contributed by atoms with Gasteiger partial charge < -0.3 is 10.6 Å². The van der Waals surface area contributed by atoms with Gasteiger partial charge in [-0.1, -0.05) is 24.3 Å². The molecule has 0 aliphatic rings. The van der Waals surface area contributed by atoms with E-state index in [0.717, 1.165) is 5.56 Å². The fourth-order valence-corrected chi connectivity index (χ4v) is 2.63. The predicted molar refractivity (Wildman–Crippen MR) is 108 cm³/mol. The van der Waals surface area contributed by atoms with Gasteiger partial charge in [0, 0.05) is 28.7 Å². The summed E-state index contributed by atoms with van der Waals surface area (Å²) in [5.74, 6) is -0.893. The van der Waals surface area contributed by atoms with E-state index >= 15 is 0 Å². The first kappa shape index (κ1) is 19.0. The van der Waals surface area contributed by atoms with Crippen LogP contribution in [0, 0.1) is 6.92 Å². The number of carbonyl (C=O) groups is 3. The number of pyridine rings is 1. The van der Waals surface area contributed by atoms with E-state index in [1.54, 1.807) is 30.3 Å². The van der Waals surface area contributed by atoms with Crippen molar-refractivity contribution in [1.29, 1.82) is 0 Å². The smallest absolute Gasteiger partial charge is 0.274 e. The number of aromatic nitrogens is 1. The van der Waals surface area contributed by atoms with Crippen molar-refractivity contribution in [2.45, 2.75) is 13.8 Å². The maximum absolute atomic E-state index is 12.5. The summed E-state index contributed by atoms with van der Waals surface area (Å²) in [6, 6.07) is 17.0. The Morgan fingerprint density at radius 3 is 2.18 bits per heavy atom. The number of nitrogens with one attached hydrogen (secondary N) is 2. The Bertz CT molecular complexity index is 1060. The van der Waals surface area contributed by atoms with E-state index in [9.17, 15) is 14.4 Å². The highest BCUT2D eigenvalue weighted by Gasteiger charge is 2.13. The van der Waals surface area contributed by atoms with Gasteiger partial charge in [0.1, 0.15) is 5.69 Å². The van der Waals surface area contributed by atoms with Crippen molar-refractivity contribution >= 4 is 29.0 Å². The Kier molecular flexibility index (Phi) is 5.60. The molecule has 0 aliphatic carbocycles. The first-order valence-electron chi connectivity index (χ1n) is 8.69. The minimum absolute atomic E-state index is 0.0935. The van der Waals surface area contributed by atoms with E-state index in [1.165, 1.54) is 25.3 Å². The predicted octanol–water partition coefficient (Wildman–Crippen LogP) is 4.10. The number of nitrogens with zero attached hydrogens (tertiary/aromatic N) is 1. The number of benzene rings is 2. The number of aryl methyl sites for hydroxylation is 1. The van der Waals surface area contributed by atoms with Crippen LogP contribution >= 0.6 is 0 Å². The van der Waals surface area contributed by atoms with Crippen LogP contribution in [0.5, 0.6) is 0 Å². The fourth-order valence-electron chi connectivity index (χ4n) is 2.63. The lowest BCUT2D eigenvalue weighted by molar-refractivity contribution is 0.100. The van der Waals surface area contributed by atoms with Crippen LogP contribution in [-0.4, -0.2) is 22.6 Å². The van der Waals surface area contributed by atoms with Gasteiger partial charge in [-0.15, -0.1) is 0 Å². The van der Waals surface area contributed by atoms with E-state index in [4.69, 9.17) is 0 Å². The number of Topliss-reactive ketones (excluding diaryl/α,β-unsaturated/α-hetero) is 1.